The summed E-state index contributed by atoms with van der Waals surface area (Å²) in [5, 5.41) is 3.48. The minimum atomic E-state index is -0.272. The number of hydrogen-bond acceptors (Lipinski definition) is 6. The van der Waals surface area contributed by atoms with Crippen LogP contribution in [0.2, 0.25) is 0 Å². The first-order valence-electron chi connectivity index (χ1n) is 5.70. The molecule has 2 rings (SSSR count). The van der Waals surface area contributed by atoms with Crippen LogP contribution in [0.5, 0.6) is 0 Å². The van der Waals surface area contributed by atoms with Gasteiger partial charge in [-0.3, -0.25) is 9.59 Å². The molecule has 0 amide bonds. The van der Waals surface area contributed by atoms with Gasteiger partial charge < -0.3 is 10.3 Å². The first-order chi connectivity index (χ1) is 8.74. The van der Waals surface area contributed by atoms with Gasteiger partial charge in [0.2, 0.25) is 17.3 Å². The van der Waals surface area contributed by atoms with Crippen molar-refractivity contribution in [2.75, 3.05) is 12.8 Å². The molecule has 98 valence electrons. The van der Waals surface area contributed by atoms with Crippen LogP contribution in [0, 0.1) is 0 Å². The minimum Gasteiger partial charge on any atom is -0.352 e. The molecule has 2 N–H and O–H groups in total. The molecule has 0 aromatic carbocycles. The Labute approximate surface area is 110 Å². The van der Waals surface area contributed by atoms with Crippen LogP contribution in [0.4, 0.5) is 0 Å². The van der Waals surface area contributed by atoms with Crippen molar-refractivity contribution in [3.63, 3.8) is 0 Å². The van der Waals surface area contributed by atoms with Gasteiger partial charge >= 0.3 is 0 Å². The number of Topliss-reactive ketones (excluding diaryl/α,β-unsaturated/α-hetero) is 1. The van der Waals surface area contributed by atoms with Crippen LogP contribution in [0.1, 0.15) is 40.7 Å². The lowest BCUT2D eigenvalue weighted by Gasteiger charge is -2.08. The molecule has 0 aliphatic heterocycles. The van der Waals surface area contributed by atoms with E-state index in [9.17, 15) is 9.59 Å². The summed E-state index contributed by atoms with van der Waals surface area (Å²) in [5.41, 5.74) is 4.78. The van der Waals surface area contributed by atoms with Crippen molar-refractivity contribution in [3.05, 3.63) is 28.5 Å². The van der Waals surface area contributed by atoms with Gasteiger partial charge in [-0.15, -0.1) is 11.8 Å². The predicted octanol–water partition coefficient (Wildman–Crippen LogP) is 2.05. The summed E-state index contributed by atoms with van der Waals surface area (Å²) >= 11 is 1.42. The van der Waals surface area contributed by atoms with Gasteiger partial charge in [0, 0.05) is 6.08 Å². The topological polar surface area (TPSA) is 86.2 Å². The fourth-order valence-electron chi connectivity index (χ4n) is 1.40. The van der Waals surface area contributed by atoms with Crippen LogP contribution < -0.4 is 5.73 Å². The maximum Gasteiger partial charge on any atom is 0.225 e. The summed E-state index contributed by atoms with van der Waals surface area (Å²) in [6, 6.07) is 0. The van der Waals surface area contributed by atoms with Crippen molar-refractivity contribution in [1.82, 2.24) is 5.16 Å². The number of nitrogens with two attached hydrogens (primary N) is 1. The Hall–Kier alpha value is -1.40. The number of fused-ring (bicyclic) bond motifs is 1. The molecule has 1 heterocycles. The van der Waals surface area contributed by atoms with Crippen LogP contribution in [-0.2, 0) is 0 Å². The van der Waals surface area contributed by atoms with E-state index in [4.69, 9.17) is 4.52 Å². The highest BCUT2D eigenvalue weighted by molar-refractivity contribution is 8.04. The monoisotopic (exact) mass is 268 g/mol. The highest BCUT2D eigenvalue weighted by Crippen LogP contribution is 2.28. The maximum absolute atomic E-state index is 11.9. The molecule has 1 aliphatic rings. The Bertz CT molecular complexity index is 466. The summed E-state index contributed by atoms with van der Waals surface area (Å²) in [6.45, 7) is 2.08. The normalized spacial score (nSPS) is 13.6. The second kappa shape index (κ2) is 7.13. The van der Waals surface area contributed by atoms with Crippen molar-refractivity contribution in [2.45, 2.75) is 19.8 Å². The summed E-state index contributed by atoms with van der Waals surface area (Å²) < 4.78 is 4.74. The van der Waals surface area contributed by atoms with Gasteiger partial charge in [-0.2, -0.15) is 0 Å². The highest BCUT2D eigenvalue weighted by Gasteiger charge is 2.29. The molecule has 0 saturated heterocycles. The van der Waals surface area contributed by atoms with Gasteiger partial charge in [0.1, 0.15) is 0 Å². The van der Waals surface area contributed by atoms with E-state index < -0.39 is 0 Å². The fraction of sp³-hybridized carbons (Fsp3) is 0.417. The van der Waals surface area contributed by atoms with Crippen molar-refractivity contribution >= 4 is 23.3 Å². The number of hydrogen-bond donors (Lipinski definition) is 1. The Balaban J connectivity index is 0.000000771. The third kappa shape index (κ3) is 3.08. The largest absolute Gasteiger partial charge is 0.352 e. The van der Waals surface area contributed by atoms with E-state index in [-0.39, 0.29) is 22.9 Å². The third-order valence-corrected chi connectivity index (χ3v) is 3.39. The zero-order valence-corrected chi connectivity index (χ0v) is 11.3. The van der Waals surface area contributed by atoms with Gasteiger partial charge in [0.25, 0.3) is 0 Å². The zero-order chi connectivity index (χ0) is 13.5. The Morgan fingerprint density at radius 3 is 2.78 bits per heavy atom. The number of carbonyl (C=O) groups is 2. The minimum absolute atomic E-state index is 0.0600. The lowest BCUT2D eigenvalue weighted by atomic mass is 10.0. The standard InChI is InChI=1S/C11H11NO3S.CH5N/c1-2-3-4-16-9-5-8(13)11-7(10(9)14)6-12-15-11;1-2/h5-6H,2-4H2,1H3;2H2,1H3. The molecule has 0 atom stereocenters. The molecular formula is C12H16N2O3S. The zero-order valence-electron chi connectivity index (χ0n) is 10.4. The van der Waals surface area contributed by atoms with Gasteiger partial charge in [0.15, 0.2) is 0 Å². The molecule has 1 aliphatic carbocycles. The molecule has 18 heavy (non-hydrogen) atoms. The molecule has 0 radical (unpaired) electrons. The van der Waals surface area contributed by atoms with Crippen molar-refractivity contribution in [1.29, 1.82) is 0 Å². The second-order valence-corrected chi connectivity index (χ2v) is 4.61. The van der Waals surface area contributed by atoms with Gasteiger partial charge in [-0.25, -0.2) is 0 Å². The Morgan fingerprint density at radius 2 is 2.11 bits per heavy atom. The molecule has 1 aromatic rings. The summed E-state index contributed by atoms with van der Waals surface area (Å²) in [5.74, 6) is 0.481. The molecule has 0 fully saturated rings. The van der Waals surface area contributed by atoms with Crippen molar-refractivity contribution in [3.8, 4) is 0 Å². The number of aromatic nitrogens is 1. The van der Waals surface area contributed by atoms with Crippen LogP contribution in [0.15, 0.2) is 21.7 Å². The fourth-order valence-corrected chi connectivity index (χ4v) is 2.48. The molecular weight excluding hydrogens is 252 g/mol. The summed E-state index contributed by atoms with van der Waals surface area (Å²) in [6.07, 6.45) is 4.75. The SMILES string of the molecule is CCCCSC1=CC(=O)c2oncc2C1=O.CN. The number of allylic oxidation sites excluding steroid dienone is 2. The van der Waals surface area contributed by atoms with Gasteiger partial charge in [0.05, 0.1) is 16.7 Å². The van der Waals surface area contributed by atoms with E-state index in [1.165, 1.54) is 31.1 Å². The first kappa shape index (κ1) is 14.7. The van der Waals surface area contributed by atoms with E-state index in [1.54, 1.807) is 0 Å². The van der Waals surface area contributed by atoms with Crippen LogP contribution >= 0.6 is 11.8 Å². The van der Waals surface area contributed by atoms with Gasteiger partial charge in [-0.1, -0.05) is 18.5 Å². The molecule has 6 heteroatoms. The summed E-state index contributed by atoms with van der Waals surface area (Å²) in [7, 11) is 1.50. The van der Waals surface area contributed by atoms with Crippen LogP contribution in [0.3, 0.4) is 0 Å². The predicted molar refractivity (Wildman–Crippen MR) is 70.7 cm³/mol. The van der Waals surface area contributed by atoms with E-state index >= 15 is 0 Å². The van der Waals surface area contributed by atoms with E-state index in [0.717, 1.165) is 18.6 Å². The second-order valence-electron chi connectivity index (χ2n) is 3.47. The number of ketones is 2. The number of nitrogens with zero attached hydrogens (tertiary/aromatic N) is 1. The molecule has 0 saturated carbocycles. The Morgan fingerprint density at radius 1 is 1.39 bits per heavy atom. The van der Waals surface area contributed by atoms with Crippen LogP contribution in [0.25, 0.3) is 0 Å². The Kier molecular flexibility index (Phi) is 5.80. The number of thioether (sulfide) groups is 1. The van der Waals surface area contributed by atoms with E-state index in [1.807, 2.05) is 0 Å². The smallest absolute Gasteiger partial charge is 0.225 e. The van der Waals surface area contributed by atoms with Crippen molar-refractivity contribution in [2.24, 2.45) is 5.73 Å². The molecule has 0 unspecified atom stereocenters. The molecule has 0 spiro atoms. The average Bonchev–Trinajstić information content (AvgIpc) is 2.88. The van der Waals surface area contributed by atoms with Gasteiger partial charge in [-0.05, 0) is 19.2 Å². The van der Waals surface area contributed by atoms with E-state index in [0.29, 0.717) is 4.91 Å². The molecule has 0 bridgehead atoms. The first-order valence-corrected chi connectivity index (χ1v) is 6.68. The third-order valence-electron chi connectivity index (χ3n) is 2.28. The number of unbranched alkanes of at least 4 members (excludes halogenated alkanes) is 1. The van der Waals surface area contributed by atoms with E-state index in [2.05, 4.69) is 17.8 Å². The number of carbonyl (C=O) groups excluding carboxylic acids is 2. The maximum atomic E-state index is 11.9. The summed E-state index contributed by atoms with van der Waals surface area (Å²) in [4.78, 5) is 23.9. The molecule has 1 aromatic heterocycles. The van der Waals surface area contributed by atoms with Crippen molar-refractivity contribution < 1.29 is 14.1 Å². The lowest BCUT2D eigenvalue weighted by molar-refractivity contribution is 0.0967. The lowest BCUT2D eigenvalue weighted by Crippen LogP contribution is -2.13. The highest BCUT2D eigenvalue weighted by atomic mass is 32.2. The number of rotatable bonds is 4. The van der Waals surface area contributed by atoms with Crippen LogP contribution in [-0.4, -0.2) is 29.5 Å². The molecule has 5 nitrogen and oxygen atoms in total. The average molecular weight is 268 g/mol. The quantitative estimate of drug-likeness (QED) is 0.841.